The van der Waals surface area contributed by atoms with Crippen LogP contribution >= 0.6 is 22.9 Å². The van der Waals surface area contributed by atoms with Crippen LogP contribution in [-0.4, -0.2) is 19.0 Å². The van der Waals surface area contributed by atoms with E-state index in [0.717, 1.165) is 16.5 Å². The number of rotatable bonds is 4. The largest absolute Gasteiger partial charge is 0.465 e. The number of carbonyl (C=O) groups is 2. The molecule has 0 aliphatic rings. The minimum atomic E-state index is -0.534. The monoisotopic (exact) mass is 425 g/mol. The molecule has 0 aliphatic carbocycles. The van der Waals surface area contributed by atoms with Gasteiger partial charge in [0, 0.05) is 26.9 Å². The van der Waals surface area contributed by atoms with Crippen LogP contribution in [0.5, 0.6) is 0 Å². The van der Waals surface area contributed by atoms with Crippen LogP contribution in [0.25, 0.3) is 22.1 Å². The topological polar surface area (TPSA) is 68.5 Å². The third kappa shape index (κ3) is 3.52. The number of ether oxygens (including phenoxy) is 1. The van der Waals surface area contributed by atoms with Crippen molar-refractivity contribution < 1.29 is 18.7 Å². The molecule has 2 aromatic carbocycles. The number of aryl methyl sites for hydroxylation is 1. The third-order valence-electron chi connectivity index (χ3n) is 4.61. The molecule has 0 atom stereocenters. The predicted molar refractivity (Wildman–Crippen MR) is 115 cm³/mol. The van der Waals surface area contributed by atoms with Crippen molar-refractivity contribution in [1.82, 2.24) is 0 Å². The van der Waals surface area contributed by atoms with Gasteiger partial charge in [-0.15, -0.1) is 11.3 Å². The average Bonchev–Trinajstić information content (AvgIpc) is 3.29. The molecule has 1 amide bonds. The van der Waals surface area contributed by atoms with Crippen LogP contribution < -0.4 is 5.32 Å². The van der Waals surface area contributed by atoms with E-state index in [0.29, 0.717) is 26.7 Å². The number of thiophene rings is 1. The zero-order valence-electron chi connectivity index (χ0n) is 15.6. The number of esters is 1. The number of nitrogens with one attached hydrogen (secondary N) is 1. The number of furan rings is 1. The first-order valence-electron chi connectivity index (χ1n) is 8.75. The molecule has 146 valence electrons. The number of methoxy groups -OCH3 is 1. The minimum absolute atomic E-state index is 0.212. The van der Waals surface area contributed by atoms with Crippen LogP contribution in [-0.2, 0) is 4.74 Å². The van der Waals surface area contributed by atoms with Crippen LogP contribution in [0.2, 0.25) is 5.02 Å². The number of benzene rings is 2. The lowest BCUT2D eigenvalue weighted by atomic mass is 10.0. The summed E-state index contributed by atoms with van der Waals surface area (Å²) >= 11 is 7.21. The van der Waals surface area contributed by atoms with Crippen LogP contribution in [0.4, 0.5) is 5.00 Å². The quantitative estimate of drug-likeness (QED) is 0.397. The number of para-hydroxylation sites is 1. The molecule has 4 aromatic rings. The lowest BCUT2D eigenvalue weighted by Crippen LogP contribution is -2.14. The molecule has 0 spiro atoms. The molecule has 0 aliphatic heterocycles. The minimum Gasteiger partial charge on any atom is -0.465 e. The van der Waals surface area contributed by atoms with E-state index in [1.54, 1.807) is 17.5 Å². The second-order valence-corrected chi connectivity index (χ2v) is 7.67. The molecule has 2 aromatic heterocycles. The number of hydrogen-bond donors (Lipinski definition) is 1. The van der Waals surface area contributed by atoms with E-state index in [4.69, 9.17) is 20.8 Å². The van der Waals surface area contributed by atoms with Gasteiger partial charge in [0.2, 0.25) is 0 Å². The first kappa shape index (κ1) is 19.2. The number of fused-ring (bicyclic) bond motifs is 1. The van der Waals surface area contributed by atoms with E-state index in [1.165, 1.54) is 18.4 Å². The molecule has 0 radical (unpaired) electrons. The van der Waals surface area contributed by atoms with Crippen molar-refractivity contribution in [1.29, 1.82) is 0 Å². The molecular formula is C22H16ClNO4S. The highest BCUT2D eigenvalue weighted by molar-refractivity contribution is 7.15. The van der Waals surface area contributed by atoms with Gasteiger partial charge in [0.15, 0.2) is 5.76 Å². The molecule has 0 saturated heterocycles. The Bertz CT molecular complexity index is 1220. The van der Waals surface area contributed by atoms with Crippen LogP contribution in [0.15, 0.2) is 58.3 Å². The molecule has 7 heteroatoms. The molecule has 4 rings (SSSR count). The summed E-state index contributed by atoms with van der Waals surface area (Å²) in [5.41, 5.74) is 3.13. The number of anilines is 1. The molecule has 0 unspecified atom stereocenters. The summed E-state index contributed by atoms with van der Waals surface area (Å²) in [6.45, 7) is 1.83. The summed E-state index contributed by atoms with van der Waals surface area (Å²) in [4.78, 5) is 25.4. The lowest BCUT2D eigenvalue weighted by molar-refractivity contribution is 0.0603. The molecule has 5 nitrogen and oxygen atoms in total. The Morgan fingerprint density at radius 1 is 1.10 bits per heavy atom. The maximum absolute atomic E-state index is 12.9. The van der Waals surface area contributed by atoms with Gasteiger partial charge in [-0.2, -0.15) is 0 Å². The van der Waals surface area contributed by atoms with Crippen LogP contribution in [0, 0.1) is 6.92 Å². The van der Waals surface area contributed by atoms with Gasteiger partial charge in [-0.25, -0.2) is 4.79 Å². The highest BCUT2D eigenvalue weighted by Crippen LogP contribution is 2.37. The van der Waals surface area contributed by atoms with Crippen molar-refractivity contribution in [2.24, 2.45) is 0 Å². The van der Waals surface area contributed by atoms with Crippen LogP contribution in [0.1, 0.15) is 26.5 Å². The molecule has 1 N–H and O–H groups in total. The Labute approximate surface area is 175 Å². The highest BCUT2D eigenvalue weighted by Gasteiger charge is 2.25. The SMILES string of the molecule is COC(=O)c1c(-c2ccc(Cl)cc2)csc1NC(=O)c1oc2ccccc2c1C. The van der Waals surface area contributed by atoms with E-state index < -0.39 is 11.9 Å². The van der Waals surface area contributed by atoms with Gasteiger partial charge in [0.05, 0.1) is 7.11 Å². The molecule has 29 heavy (non-hydrogen) atoms. The van der Waals surface area contributed by atoms with Crippen molar-refractivity contribution >= 4 is 50.8 Å². The third-order valence-corrected chi connectivity index (χ3v) is 5.76. The van der Waals surface area contributed by atoms with Crippen LogP contribution in [0.3, 0.4) is 0 Å². The van der Waals surface area contributed by atoms with Gasteiger partial charge in [-0.05, 0) is 30.7 Å². The summed E-state index contributed by atoms with van der Waals surface area (Å²) in [5, 5.41) is 6.47. The summed E-state index contributed by atoms with van der Waals surface area (Å²) in [5.74, 6) is -0.746. The Morgan fingerprint density at radius 3 is 2.52 bits per heavy atom. The highest BCUT2D eigenvalue weighted by atomic mass is 35.5. The molecule has 0 fully saturated rings. The fraction of sp³-hybridized carbons (Fsp3) is 0.0909. The van der Waals surface area contributed by atoms with E-state index in [1.807, 2.05) is 43.3 Å². The second kappa shape index (κ2) is 7.73. The fourth-order valence-electron chi connectivity index (χ4n) is 3.15. The predicted octanol–water partition coefficient (Wildman–Crippen LogP) is 6.16. The molecule has 0 saturated carbocycles. The number of amides is 1. The lowest BCUT2D eigenvalue weighted by Gasteiger charge is -2.07. The Hall–Kier alpha value is -3.09. The maximum atomic E-state index is 12.9. The maximum Gasteiger partial charge on any atom is 0.341 e. The van der Waals surface area contributed by atoms with Crippen molar-refractivity contribution in [3.05, 3.63) is 75.8 Å². The van der Waals surface area contributed by atoms with Crippen molar-refractivity contribution in [2.75, 3.05) is 12.4 Å². The number of carbonyl (C=O) groups excluding carboxylic acids is 2. The first-order valence-corrected chi connectivity index (χ1v) is 10.0. The number of halogens is 1. The standard InChI is InChI=1S/C22H16ClNO4S/c1-12-15-5-3-4-6-17(15)28-19(12)20(25)24-21-18(22(26)27-2)16(11-29-21)13-7-9-14(23)10-8-13/h3-11H,1-2H3,(H,24,25). The Balaban J connectivity index is 1.73. The summed E-state index contributed by atoms with van der Waals surface area (Å²) < 4.78 is 10.7. The second-order valence-electron chi connectivity index (χ2n) is 6.36. The van der Waals surface area contributed by atoms with Gasteiger partial charge in [0.1, 0.15) is 16.1 Å². The Kier molecular flexibility index (Phi) is 5.13. The Morgan fingerprint density at radius 2 is 1.83 bits per heavy atom. The first-order chi connectivity index (χ1) is 14.0. The molecular weight excluding hydrogens is 410 g/mol. The summed E-state index contributed by atoms with van der Waals surface area (Å²) in [6.07, 6.45) is 0. The van der Waals surface area contributed by atoms with E-state index in [9.17, 15) is 9.59 Å². The van der Waals surface area contributed by atoms with Crippen molar-refractivity contribution in [2.45, 2.75) is 6.92 Å². The zero-order chi connectivity index (χ0) is 20.5. The smallest absolute Gasteiger partial charge is 0.341 e. The van der Waals surface area contributed by atoms with E-state index in [-0.39, 0.29) is 5.76 Å². The number of hydrogen-bond acceptors (Lipinski definition) is 5. The van der Waals surface area contributed by atoms with Gasteiger partial charge in [-0.3, -0.25) is 4.79 Å². The van der Waals surface area contributed by atoms with E-state index >= 15 is 0 Å². The summed E-state index contributed by atoms with van der Waals surface area (Å²) in [7, 11) is 1.31. The zero-order valence-corrected chi connectivity index (χ0v) is 17.2. The van der Waals surface area contributed by atoms with Crippen molar-refractivity contribution in [3.8, 4) is 11.1 Å². The van der Waals surface area contributed by atoms with Gasteiger partial charge in [0.25, 0.3) is 5.91 Å². The summed E-state index contributed by atoms with van der Waals surface area (Å²) in [6, 6.07) is 14.5. The van der Waals surface area contributed by atoms with Gasteiger partial charge >= 0.3 is 5.97 Å². The normalized spacial score (nSPS) is 10.9. The van der Waals surface area contributed by atoms with Crippen molar-refractivity contribution in [3.63, 3.8) is 0 Å². The fourth-order valence-corrected chi connectivity index (χ4v) is 4.23. The van der Waals surface area contributed by atoms with Gasteiger partial charge in [-0.1, -0.05) is 41.9 Å². The van der Waals surface area contributed by atoms with E-state index in [2.05, 4.69) is 5.32 Å². The molecule has 0 bridgehead atoms. The molecule has 2 heterocycles. The average molecular weight is 426 g/mol. The van der Waals surface area contributed by atoms with Gasteiger partial charge < -0.3 is 14.5 Å².